The van der Waals surface area contributed by atoms with Crippen LogP contribution in [0.5, 0.6) is 0 Å². The molecule has 2 N–H and O–H groups in total. The molecule has 0 bridgehead atoms. The number of anilines is 2. The van der Waals surface area contributed by atoms with Crippen LogP contribution in [-0.2, 0) is 6.42 Å². The minimum atomic E-state index is -0.0980. The van der Waals surface area contributed by atoms with Gasteiger partial charge in [0.1, 0.15) is 0 Å². The van der Waals surface area contributed by atoms with E-state index in [-0.39, 0.29) is 5.56 Å². The van der Waals surface area contributed by atoms with Gasteiger partial charge in [-0.2, -0.15) is 0 Å². The molecule has 3 aromatic rings. The van der Waals surface area contributed by atoms with Gasteiger partial charge in [0, 0.05) is 17.7 Å². The summed E-state index contributed by atoms with van der Waals surface area (Å²) < 4.78 is 0. The molecule has 0 radical (unpaired) electrons. The second-order valence-corrected chi connectivity index (χ2v) is 6.01. The first-order valence-corrected chi connectivity index (χ1v) is 8.01. The fraction of sp³-hybridized carbons (Fsp3) is 0.200. The predicted molar refractivity (Wildman–Crippen MR) is 98.0 cm³/mol. The molecule has 0 saturated heterocycles. The van der Waals surface area contributed by atoms with E-state index in [2.05, 4.69) is 28.3 Å². The molecule has 0 spiro atoms. The van der Waals surface area contributed by atoms with Crippen molar-refractivity contribution in [2.45, 2.75) is 27.2 Å². The quantitative estimate of drug-likeness (QED) is 0.763. The average molecular weight is 319 g/mol. The van der Waals surface area contributed by atoms with Crippen LogP contribution in [0.3, 0.4) is 0 Å². The zero-order chi connectivity index (χ0) is 17.1. The summed E-state index contributed by atoms with van der Waals surface area (Å²) >= 11 is 0. The lowest BCUT2D eigenvalue weighted by molar-refractivity contribution is 0.985. The molecular weight excluding hydrogens is 298 g/mol. The molecule has 3 rings (SSSR count). The molecule has 24 heavy (non-hydrogen) atoms. The van der Waals surface area contributed by atoms with Gasteiger partial charge in [-0.25, -0.2) is 4.98 Å². The van der Waals surface area contributed by atoms with Crippen LogP contribution in [0.2, 0.25) is 0 Å². The van der Waals surface area contributed by atoms with Crippen molar-refractivity contribution in [3.05, 3.63) is 86.8 Å². The number of rotatable bonds is 4. The number of aryl methyl sites for hydroxylation is 2. The highest BCUT2D eigenvalue weighted by molar-refractivity contribution is 5.60. The largest absolute Gasteiger partial charge is 0.325 e. The molecular formula is C20H21N3O. The summed E-state index contributed by atoms with van der Waals surface area (Å²) in [5.41, 5.74) is 5.74. The van der Waals surface area contributed by atoms with Gasteiger partial charge in [-0.1, -0.05) is 42.5 Å². The first-order valence-electron chi connectivity index (χ1n) is 8.01. The fourth-order valence-electron chi connectivity index (χ4n) is 2.69. The summed E-state index contributed by atoms with van der Waals surface area (Å²) in [5, 5.41) is 3.22. The SMILES string of the molecule is Cc1cccc(Nc2nc(C)c(Cc3ccccc3)c(=O)[nH]2)c1C. The smallest absolute Gasteiger partial charge is 0.256 e. The van der Waals surface area contributed by atoms with Crippen LogP contribution in [0.25, 0.3) is 0 Å². The lowest BCUT2D eigenvalue weighted by Gasteiger charge is -2.12. The maximum absolute atomic E-state index is 12.5. The minimum Gasteiger partial charge on any atom is -0.325 e. The lowest BCUT2D eigenvalue weighted by atomic mass is 10.1. The molecule has 4 heteroatoms. The molecule has 0 aliphatic rings. The van der Waals surface area contributed by atoms with Crippen molar-refractivity contribution < 1.29 is 0 Å². The Balaban J connectivity index is 1.90. The van der Waals surface area contributed by atoms with E-state index < -0.39 is 0 Å². The maximum atomic E-state index is 12.5. The summed E-state index contributed by atoms with van der Waals surface area (Å²) in [7, 11) is 0. The van der Waals surface area contributed by atoms with Crippen molar-refractivity contribution >= 4 is 11.6 Å². The van der Waals surface area contributed by atoms with Crippen molar-refractivity contribution in [1.82, 2.24) is 9.97 Å². The number of aromatic amines is 1. The molecule has 0 atom stereocenters. The van der Waals surface area contributed by atoms with Crippen molar-refractivity contribution in [2.75, 3.05) is 5.32 Å². The molecule has 4 nitrogen and oxygen atoms in total. The third kappa shape index (κ3) is 3.38. The Morgan fingerprint density at radius 1 is 1.00 bits per heavy atom. The van der Waals surface area contributed by atoms with E-state index in [9.17, 15) is 4.79 Å². The Morgan fingerprint density at radius 3 is 2.46 bits per heavy atom. The normalized spacial score (nSPS) is 10.6. The van der Waals surface area contributed by atoms with E-state index in [1.807, 2.05) is 56.3 Å². The van der Waals surface area contributed by atoms with Gasteiger partial charge in [-0.05, 0) is 43.5 Å². The average Bonchev–Trinajstić information content (AvgIpc) is 2.56. The van der Waals surface area contributed by atoms with Crippen LogP contribution in [0, 0.1) is 20.8 Å². The first kappa shape index (κ1) is 16.0. The number of H-pyrrole nitrogens is 1. The molecule has 0 unspecified atom stereocenters. The van der Waals surface area contributed by atoms with Gasteiger partial charge in [0.25, 0.3) is 5.56 Å². The zero-order valence-corrected chi connectivity index (χ0v) is 14.2. The molecule has 122 valence electrons. The maximum Gasteiger partial charge on any atom is 0.256 e. The molecule has 1 aromatic heterocycles. The summed E-state index contributed by atoms with van der Waals surface area (Å²) in [5.74, 6) is 0.475. The number of hydrogen-bond donors (Lipinski definition) is 2. The van der Waals surface area contributed by atoms with Gasteiger partial charge in [0.15, 0.2) is 0 Å². The highest BCUT2D eigenvalue weighted by atomic mass is 16.1. The molecule has 0 aliphatic heterocycles. The lowest BCUT2D eigenvalue weighted by Crippen LogP contribution is -2.18. The summed E-state index contributed by atoms with van der Waals surface area (Å²) in [4.78, 5) is 19.9. The third-order valence-corrected chi connectivity index (χ3v) is 4.30. The Morgan fingerprint density at radius 2 is 1.75 bits per heavy atom. The third-order valence-electron chi connectivity index (χ3n) is 4.30. The summed E-state index contributed by atoms with van der Waals surface area (Å²) in [6.07, 6.45) is 0.582. The van der Waals surface area contributed by atoms with Crippen molar-refractivity contribution in [3.63, 3.8) is 0 Å². The van der Waals surface area contributed by atoms with Crippen LogP contribution in [0.4, 0.5) is 11.6 Å². The van der Waals surface area contributed by atoms with E-state index in [4.69, 9.17) is 0 Å². The highest BCUT2D eigenvalue weighted by Crippen LogP contribution is 2.21. The van der Waals surface area contributed by atoms with Crippen LogP contribution in [0.15, 0.2) is 53.3 Å². The van der Waals surface area contributed by atoms with E-state index in [1.165, 1.54) is 5.56 Å². The molecule has 2 aromatic carbocycles. The van der Waals surface area contributed by atoms with Crippen molar-refractivity contribution in [1.29, 1.82) is 0 Å². The summed E-state index contributed by atoms with van der Waals surface area (Å²) in [6, 6.07) is 16.0. The van der Waals surface area contributed by atoms with E-state index in [0.29, 0.717) is 17.9 Å². The fourth-order valence-corrected chi connectivity index (χ4v) is 2.69. The molecule has 0 fully saturated rings. The number of benzene rings is 2. The van der Waals surface area contributed by atoms with Crippen molar-refractivity contribution in [3.8, 4) is 0 Å². The standard InChI is InChI=1S/C20H21N3O/c1-13-8-7-11-18(14(13)2)22-20-21-15(3)17(19(24)23-20)12-16-9-5-4-6-10-16/h4-11H,12H2,1-3H3,(H2,21,22,23,24). The van der Waals surface area contributed by atoms with Gasteiger partial charge in [0.2, 0.25) is 5.95 Å². The predicted octanol–water partition coefficient (Wildman–Crippen LogP) is 4.03. The first-order chi connectivity index (χ1) is 11.5. The summed E-state index contributed by atoms with van der Waals surface area (Å²) in [6.45, 7) is 5.99. The molecule has 1 heterocycles. The zero-order valence-electron chi connectivity index (χ0n) is 14.2. The molecule has 0 amide bonds. The van der Waals surface area contributed by atoms with Gasteiger partial charge in [-0.3, -0.25) is 9.78 Å². The second kappa shape index (κ2) is 6.71. The van der Waals surface area contributed by atoms with Crippen molar-refractivity contribution in [2.24, 2.45) is 0 Å². The van der Waals surface area contributed by atoms with E-state index >= 15 is 0 Å². The minimum absolute atomic E-state index is 0.0980. The van der Waals surface area contributed by atoms with E-state index in [1.54, 1.807) is 0 Å². The van der Waals surface area contributed by atoms with E-state index in [0.717, 1.165) is 22.5 Å². The number of nitrogens with one attached hydrogen (secondary N) is 2. The number of aromatic nitrogens is 2. The Hall–Kier alpha value is -2.88. The Kier molecular flexibility index (Phi) is 4.47. The van der Waals surface area contributed by atoms with Gasteiger partial charge in [0.05, 0.1) is 5.69 Å². The number of nitrogens with zero attached hydrogens (tertiary/aromatic N) is 1. The molecule has 0 aliphatic carbocycles. The Bertz CT molecular complexity index is 914. The number of hydrogen-bond acceptors (Lipinski definition) is 3. The van der Waals surface area contributed by atoms with Crippen LogP contribution >= 0.6 is 0 Å². The van der Waals surface area contributed by atoms with Crippen LogP contribution in [-0.4, -0.2) is 9.97 Å². The Labute approximate surface area is 141 Å². The van der Waals surface area contributed by atoms with Crippen LogP contribution in [0.1, 0.15) is 27.9 Å². The van der Waals surface area contributed by atoms with Gasteiger partial charge in [-0.15, -0.1) is 0 Å². The molecule has 0 saturated carbocycles. The second-order valence-electron chi connectivity index (χ2n) is 6.01. The van der Waals surface area contributed by atoms with Gasteiger partial charge < -0.3 is 5.32 Å². The topological polar surface area (TPSA) is 57.8 Å². The van der Waals surface area contributed by atoms with Gasteiger partial charge >= 0.3 is 0 Å². The monoisotopic (exact) mass is 319 g/mol. The highest BCUT2D eigenvalue weighted by Gasteiger charge is 2.10. The van der Waals surface area contributed by atoms with Crippen LogP contribution < -0.4 is 10.9 Å².